The Morgan fingerprint density at radius 3 is 2.62 bits per heavy atom. The zero-order valence-corrected chi connectivity index (χ0v) is 11.0. The Morgan fingerprint density at radius 1 is 1.50 bits per heavy atom. The highest BCUT2D eigenvalue weighted by molar-refractivity contribution is 5.78. The molecule has 0 radical (unpaired) electrons. The molecular weight excluding hydrogens is 202 g/mol. The molecule has 1 fully saturated rings. The Bertz CT molecular complexity index is 233. The van der Waals surface area contributed by atoms with Crippen molar-refractivity contribution in [3.63, 3.8) is 0 Å². The summed E-state index contributed by atoms with van der Waals surface area (Å²) in [4.78, 5) is 11.1. The highest BCUT2D eigenvalue weighted by atomic mass is 16.5. The lowest BCUT2D eigenvalue weighted by molar-refractivity contribution is -0.119. The molecule has 1 saturated heterocycles. The van der Waals surface area contributed by atoms with Crippen LogP contribution in [0.5, 0.6) is 0 Å². The molecule has 1 amide bonds. The zero-order chi connectivity index (χ0) is 12.2. The second-order valence-electron chi connectivity index (χ2n) is 5.74. The first kappa shape index (κ1) is 13.5. The molecule has 0 aromatic heterocycles. The van der Waals surface area contributed by atoms with Crippen LogP contribution in [0.1, 0.15) is 53.4 Å². The van der Waals surface area contributed by atoms with E-state index in [1.807, 2.05) is 0 Å². The van der Waals surface area contributed by atoms with Gasteiger partial charge in [-0.25, -0.2) is 0 Å². The van der Waals surface area contributed by atoms with Gasteiger partial charge in [0, 0.05) is 12.5 Å². The molecule has 1 aliphatic heterocycles. The molecule has 0 bridgehead atoms. The minimum Gasteiger partial charge on any atom is -0.376 e. The second kappa shape index (κ2) is 5.67. The number of carbonyl (C=O) groups is 1. The van der Waals surface area contributed by atoms with E-state index in [-0.39, 0.29) is 11.5 Å². The van der Waals surface area contributed by atoms with Crippen LogP contribution in [0, 0.1) is 5.92 Å². The maximum Gasteiger partial charge on any atom is 0.220 e. The summed E-state index contributed by atoms with van der Waals surface area (Å²) in [5.74, 6) is 0.763. The van der Waals surface area contributed by atoms with Crippen molar-refractivity contribution in [3.05, 3.63) is 0 Å². The van der Waals surface area contributed by atoms with Crippen molar-refractivity contribution in [2.75, 3.05) is 6.61 Å². The summed E-state index contributed by atoms with van der Waals surface area (Å²) < 4.78 is 5.81. The predicted octanol–water partition coefficient (Wildman–Crippen LogP) is 2.50. The molecule has 3 nitrogen and oxygen atoms in total. The molecule has 1 rings (SSSR count). The Kier molecular flexibility index (Phi) is 4.78. The van der Waals surface area contributed by atoms with Crippen molar-refractivity contribution in [1.29, 1.82) is 0 Å². The molecular formula is C13H25NO2. The van der Waals surface area contributed by atoms with Crippen LogP contribution in [0.25, 0.3) is 0 Å². The number of amides is 1. The lowest BCUT2D eigenvalue weighted by atomic mass is 9.97. The first-order valence-electron chi connectivity index (χ1n) is 6.34. The normalized spacial score (nSPS) is 23.2. The lowest BCUT2D eigenvalue weighted by Crippen LogP contribution is -2.30. The quantitative estimate of drug-likeness (QED) is 0.783. The fourth-order valence-electron chi connectivity index (χ4n) is 1.98. The fraction of sp³-hybridized carbons (Fsp3) is 0.923. The fourth-order valence-corrected chi connectivity index (χ4v) is 1.98. The standard InChI is InChI=1S/C13H25NO2/c1-5-10(9-16-13(2,3)4)8-11-6-7-12(15)14-11/h10-11H,5-9H2,1-4H3,(H,14,15). The van der Waals surface area contributed by atoms with Gasteiger partial charge in [-0.3, -0.25) is 4.79 Å². The Labute approximate surface area is 98.9 Å². The van der Waals surface area contributed by atoms with Crippen LogP contribution in [0.15, 0.2) is 0 Å². The second-order valence-corrected chi connectivity index (χ2v) is 5.74. The maximum atomic E-state index is 11.1. The van der Waals surface area contributed by atoms with E-state index in [0.29, 0.717) is 18.4 Å². The third kappa shape index (κ3) is 4.97. The maximum absolute atomic E-state index is 11.1. The van der Waals surface area contributed by atoms with Crippen molar-refractivity contribution in [3.8, 4) is 0 Å². The van der Waals surface area contributed by atoms with Gasteiger partial charge in [-0.2, -0.15) is 0 Å². The highest BCUT2D eigenvalue weighted by Gasteiger charge is 2.24. The van der Waals surface area contributed by atoms with Gasteiger partial charge in [0.2, 0.25) is 5.91 Å². The lowest BCUT2D eigenvalue weighted by Gasteiger charge is -2.25. The number of hydrogen-bond acceptors (Lipinski definition) is 2. The van der Waals surface area contributed by atoms with Gasteiger partial charge < -0.3 is 10.1 Å². The van der Waals surface area contributed by atoms with Crippen LogP contribution in [0.3, 0.4) is 0 Å². The van der Waals surface area contributed by atoms with Gasteiger partial charge in [0.1, 0.15) is 0 Å². The molecule has 3 heteroatoms. The number of rotatable bonds is 5. The highest BCUT2D eigenvalue weighted by Crippen LogP contribution is 2.20. The molecule has 1 heterocycles. The summed E-state index contributed by atoms with van der Waals surface area (Å²) in [5, 5.41) is 3.02. The van der Waals surface area contributed by atoms with Crippen molar-refractivity contribution < 1.29 is 9.53 Å². The summed E-state index contributed by atoms with van der Waals surface area (Å²) >= 11 is 0. The summed E-state index contributed by atoms with van der Waals surface area (Å²) in [6.45, 7) is 9.23. The molecule has 1 N–H and O–H groups in total. The van der Waals surface area contributed by atoms with E-state index in [0.717, 1.165) is 25.9 Å². The summed E-state index contributed by atoms with van der Waals surface area (Å²) in [7, 11) is 0. The smallest absolute Gasteiger partial charge is 0.220 e. The van der Waals surface area contributed by atoms with Crippen molar-refractivity contribution >= 4 is 5.91 Å². The predicted molar refractivity (Wildman–Crippen MR) is 65.3 cm³/mol. The number of hydrogen-bond donors (Lipinski definition) is 1. The minimum atomic E-state index is -0.0632. The van der Waals surface area contributed by atoms with E-state index in [2.05, 4.69) is 33.0 Å². The molecule has 16 heavy (non-hydrogen) atoms. The zero-order valence-electron chi connectivity index (χ0n) is 11.0. The van der Waals surface area contributed by atoms with Crippen LogP contribution in [-0.2, 0) is 9.53 Å². The molecule has 1 aliphatic rings. The van der Waals surface area contributed by atoms with Gasteiger partial charge in [-0.05, 0) is 39.5 Å². The van der Waals surface area contributed by atoms with Gasteiger partial charge in [0.25, 0.3) is 0 Å². The monoisotopic (exact) mass is 227 g/mol. The molecule has 0 aromatic rings. The first-order chi connectivity index (χ1) is 7.40. The molecule has 0 aromatic carbocycles. The number of ether oxygens (including phenoxy) is 1. The van der Waals surface area contributed by atoms with Gasteiger partial charge in [-0.1, -0.05) is 13.3 Å². The Balaban J connectivity index is 2.29. The third-order valence-corrected chi connectivity index (χ3v) is 3.03. The third-order valence-electron chi connectivity index (χ3n) is 3.03. The van der Waals surface area contributed by atoms with Crippen LogP contribution >= 0.6 is 0 Å². The molecule has 0 spiro atoms. The van der Waals surface area contributed by atoms with Crippen LogP contribution in [-0.4, -0.2) is 24.2 Å². The average molecular weight is 227 g/mol. The summed E-state index contributed by atoms with van der Waals surface area (Å²) in [6, 6.07) is 0.376. The van der Waals surface area contributed by atoms with Crippen LogP contribution < -0.4 is 5.32 Å². The molecule has 2 atom stereocenters. The molecule has 0 aliphatic carbocycles. The average Bonchev–Trinajstić information content (AvgIpc) is 2.57. The van der Waals surface area contributed by atoms with Crippen LogP contribution in [0.4, 0.5) is 0 Å². The van der Waals surface area contributed by atoms with E-state index in [4.69, 9.17) is 4.74 Å². The van der Waals surface area contributed by atoms with E-state index >= 15 is 0 Å². The Morgan fingerprint density at radius 2 is 2.19 bits per heavy atom. The van der Waals surface area contributed by atoms with Crippen molar-refractivity contribution in [2.45, 2.75) is 65.0 Å². The number of carbonyl (C=O) groups excluding carboxylic acids is 1. The van der Waals surface area contributed by atoms with Crippen molar-refractivity contribution in [2.24, 2.45) is 5.92 Å². The Hall–Kier alpha value is -0.570. The molecule has 94 valence electrons. The summed E-state index contributed by atoms with van der Waals surface area (Å²) in [5.41, 5.74) is -0.0632. The van der Waals surface area contributed by atoms with E-state index in [1.54, 1.807) is 0 Å². The van der Waals surface area contributed by atoms with E-state index in [1.165, 1.54) is 0 Å². The van der Waals surface area contributed by atoms with Gasteiger partial charge in [-0.15, -0.1) is 0 Å². The summed E-state index contributed by atoms with van der Waals surface area (Å²) in [6.07, 6.45) is 3.85. The van der Waals surface area contributed by atoms with Crippen LogP contribution in [0.2, 0.25) is 0 Å². The molecule has 0 saturated carbocycles. The SMILES string of the molecule is CCC(COC(C)(C)C)CC1CCC(=O)N1. The van der Waals surface area contributed by atoms with Gasteiger partial charge in [0.05, 0.1) is 12.2 Å². The number of nitrogens with one attached hydrogen (secondary N) is 1. The largest absolute Gasteiger partial charge is 0.376 e. The minimum absolute atomic E-state index is 0.0632. The van der Waals surface area contributed by atoms with E-state index < -0.39 is 0 Å². The first-order valence-corrected chi connectivity index (χ1v) is 6.34. The molecule has 2 unspecified atom stereocenters. The van der Waals surface area contributed by atoms with Gasteiger partial charge >= 0.3 is 0 Å². The van der Waals surface area contributed by atoms with Gasteiger partial charge in [0.15, 0.2) is 0 Å². The topological polar surface area (TPSA) is 38.3 Å². The van der Waals surface area contributed by atoms with Crippen molar-refractivity contribution in [1.82, 2.24) is 5.32 Å². The van der Waals surface area contributed by atoms with E-state index in [9.17, 15) is 4.79 Å².